The van der Waals surface area contributed by atoms with Crippen molar-refractivity contribution in [2.75, 3.05) is 5.75 Å². The Morgan fingerprint density at radius 2 is 1.73 bits per heavy atom. The number of carbonyl (C=O) groups excluding carboxylic acids is 1. The maximum Gasteiger partial charge on any atom is 0.266 e. The Hall–Kier alpha value is -3.45. The number of carbonyl (C=O) groups is 1. The third-order valence-electron chi connectivity index (χ3n) is 5.73. The minimum atomic E-state index is -0.388. The second-order valence-electron chi connectivity index (χ2n) is 8.11. The van der Waals surface area contributed by atoms with Crippen LogP contribution in [0.15, 0.2) is 88.8 Å². The van der Waals surface area contributed by atoms with Gasteiger partial charge >= 0.3 is 0 Å². The topological polar surface area (TPSA) is 64.0 Å². The van der Waals surface area contributed by atoms with E-state index in [4.69, 9.17) is 0 Å². The molecule has 1 aliphatic rings. The number of hydrogen-bond acceptors (Lipinski definition) is 4. The van der Waals surface area contributed by atoms with Crippen LogP contribution in [0.4, 0.5) is 4.39 Å². The number of hydrogen-bond donors (Lipinski definition) is 1. The molecule has 3 aromatic carbocycles. The number of fused-ring (bicyclic) bond motifs is 1. The summed E-state index contributed by atoms with van der Waals surface area (Å²) in [7, 11) is 0. The van der Waals surface area contributed by atoms with E-state index < -0.39 is 0 Å². The maximum absolute atomic E-state index is 13.5. The zero-order chi connectivity index (χ0) is 22.8. The van der Waals surface area contributed by atoms with E-state index in [1.165, 1.54) is 40.6 Å². The van der Waals surface area contributed by atoms with Crippen LogP contribution >= 0.6 is 11.8 Å². The number of thioether (sulfide) groups is 1. The molecule has 166 valence electrons. The molecule has 1 amide bonds. The van der Waals surface area contributed by atoms with Crippen LogP contribution in [0.1, 0.15) is 24.4 Å². The summed E-state index contributed by atoms with van der Waals surface area (Å²) in [5.74, 6) is 0.0645. The molecule has 0 aliphatic heterocycles. The highest BCUT2D eigenvalue weighted by Crippen LogP contribution is 2.41. The first-order valence-corrected chi connectivity index (χ1v) is 11.8. The first-order chi connectivity index (χ1) is 16.1. The number of benzene rings is 3. The summed E-state index contributed by atoms with van der Waals surface area (Å²) in [6.45, 7) is 0. The van der Waals surface area contributed by atoms with Gasteiger partial charge in [0.25, 0.3) is 5.56 Å². The number of para-hydroxylation sites is 1. The lowest BCUT2D eigenvalue weighted by molar-refractivity contribution is -0.119. The predicted octanol–water partition coefficient (Wildman–Crippen LogP) is 4.88. The average molecular weight is 460 g/mol. The summed E-state index contributed by atoms with van der Waals surface area (Å²) >= 11 is 1.20. The quantitative estimate of drug-likeness (QED) is 0.316. The van der Waals surface area contributed by atoms with Crippen LogP contribution in [0.2, 0.25) is 0 Å². The van der Waals surface area contributed by atoms with Crippen molar-refractivity contribution in [3.05, 3.63) is 101 Å². The van der Waals surface area contributed by atoms with Gasteiger partial charge in [-0.05, 0) is 60.7 Å². The Morgan fingerprint density at radius 1 is 1.03 bits per heavy atom. The van der Waals surface area contributed by atoms with Gasteiger partial charge in [-0.2, -0.15) is 0 Å². The number of halogens is 1. The van der Waals surface area contributed by atoms with Gasteiger partial charge in [0.1, 0.15) is 5.82 Å². The van der Waals surface area contributed by atoms with E-state index in [9.17, 15) is 14.0 Å². The summed E-state index contributed by atoms with van der Waals surface area (Å²) < 4.78 is 14.9. The standard InChI is InChI=1S/C26H22FN3O2S/c27-19-12-14-20(15-13-19)30-25(32)21-8-4-5-9-22(21)28-26(30)33-16-23(31)29-24(18-10-11-18)17-6-2-1-3-7-17/h1-9,12-15,18,24H,10-11,16H2,(H,29,31). The zero-order valence-electron chi connectivity index (χ0n) is 17.8. The van der Waals surface area contributed by atoms with E-state index in [1.807, 2.05) is 36.4 Å². The van der Waals surface area contributed by atoms with Crippen LogP contribution in [0.3, 0.4) is 0 Å². The van der Waals surface area contributed by atoms with Gasteiger partial charge in [0.2, 0.25) is 5.91 Å². The summed E-state index contributed by atoms with van der Waals surface area (Å²) in [6.07, 6.45) is 2.20. The lowest BCUT2D eigenvalue weighted by atomic mass is 10.0. The van der Waals surface area contributed by atoms with Crippen molar-refractivity contribution in [2.45, 2.75) is 24.0 Å². The van der Waals surface area contributed by atoms with Crippen LogP contribution in [0.5, 0.6) is 0 Å². The molecule has 0 bridgehead atoms. The molecule has 1 fully saturated rings. The van der Waals surface area contributed by atoms with Crippen molar-refractivity contribution in [1.82, 2.24) is 14.9 Å². The van der Waals surface area contributed by atoms with Gasteiger partial charge in [-0.1, -0.05) is 54.2 Å². The third-order valence-corrected chi connectivity index (χ3v) is 6.67. The van der Waals surface area contributed by atoms with E-state index in [0.717, 1.165) is 18.4 Å². The number of nitrogens with zero attached hydrogens (tertiary/aromatic N) is 2. The summed E-state index contributed by atoms with van der Waals surface area (Å²) in [5, 5.41) is 4.02. The number of rotatable bonds is 7. The van der Waals surface area contributed by atoms with Gasteiger partial charge in [-0.25, -0.2) is 9.37 Å². The second-order valence-corrected chi connectivity index (χ2v) is 9.05. The molecule has 7 heteroatoms. The zero-order valence-corrected chi connectivity index (χ0v) is 18.6. The highest BCUT2D eigenvalue weighted by molar-refractivity contribution is 7.99. The van der Waals surface area contributed by atoms with Crippen LogP contribution < -0.4 is 10.9 Å². The lowest BCUT2D eigenvalue weighted by Crippen LogP contribution is -2.31. The van der Waals surface area contributed by atoms with Crippen molar-refractivity contribution in [2.24, 2.45) is 5.92 Å². The number of aromatic nitrogens is 2. The molecule has 1 heterocycles. The Kier molecular flexibility index (Phi) is 5.96. The molecule has 1 aromatic heterocycles. The molecule has 1 saturated carbocycles. The molecule has 33 heavy (non-hydrogen) atoms. The predicted molar refractivity (Wildman–Crippen MR) is 128 cm³/mol. The van der Waals surface area contributed by atoms with Gasteiger partial charge in [0.15, 0.2) is 5.16 Å². The molecule has 5 nitrogen and oxygen atoms in total. The Bertz CT molecular complexity index is 1350. The Balaban J connectivity index is 1.42. The fourth-order valence-electron chi connectivity index (χ4n) is 3.94. The molecule has 4 aromatic rings. The molecule has 1 aliphatic carbocycles. The highest BCUT2D eigenvalue weighted by atomic mass is 32.2. The monoisotopic (exact) mass is 459 g/mol. The lowest BCUT2D eigenvalue weighted by Gasteiger charge is -2.19. The normalized spacial score (nSPS) is 14.2. The van der Waals surface area contributed by atoms with E-state index in [0.29, 0.717) is 27.7 Å². The molecule has 1 N–H and O–H groups in total. The fraction of sp³-hybridized carbons (Fsp3) is 0.192. The molecule has 0 radical (unpaired) electrons. The van der Waals surface area contributed by atoms with Crippen molar-refractivity contribution >= 4 is 28.6 Å². The van der Waals surface area contributed by atoms with Crippen LogP contribution in [-0.2, 0) is 4.79 Å². The molecule has 5 rings (SSSR count). The van der Waals surface area contributed by atoms with Gasteiger partial charge < -0.3 is 5.32 Å². The third kappa shape index (κ3) is 4.68. The van der Waals surface area contributed by atoms with Crippen LogP contribution in [0.25, 0.3) is 16.6 Å². The average Bonchev–Trinajstić information content (AvgIpc) is 3.68. The first kappa shape index (κ1) is 21.4. The van der Waals surface area contributed by atoms with Gasteiger partial charge in [0, 0.05) is 0 Å². The van der Waals surface area contributed by atoms with Crippen molar-refractivity contribution < 1.29 is 9.18 Å². The molecular weight excluding hydrogens is 437 g/mol. The van der Waals surface area contributed by atoms with Gasteiger partial charge in [0.05, 0.1) is 28.4 Å². The SMILES string of the molecule is O=C(CSc1nc2ccccc2c(=O)n1-c1ccc(F)cc1)NC(c1ccccc1)C1CC1. The Labute approximate surface area is 194 Å². The highest BCUT2D eigenvalue weighted by Gasteiger charge is 2.33. The minimum absolute atomic E-state index is 0.0110. The summed E-state index contributed by atoms with van der Waals surface area (Å²) in [5.41, 5.74) is 1.91. The van der Waals surface area contributed by atoms with E-state index >= 15 is 0 Å². The fourth-order valence-corrected chi connectivity index (χ4v) is 4.76. The summed E-state index contributed by atoms with van der Waals surface area (Å²) in [4.78, 5) is 30.8. The van der Waals surface area contributed by atoms with Crippen molar-refractivity contribution in [3.63, 3.8) is 0 Å². The van der Waals surface area contributed by atoms with Crippen molar-refractivity contribution in [1.29, 1.82) is 0 Å². The minimum Gasteiger partial charge on any atom is -0.348 e. The number of nitrogens with one attached hydrogen (secondary N) is 1. The van der Waals surface area contributed by atoms with Crippen molar-refractivity contribution in [3.8, 4) is 5.69 Å². The summed E-state index contributed by atoms with van der Waals surface area (Å²) in [6, 6.07) is 22.7. The van der Waals surface area contributed by atoms with Gasteiger partial charge in [-0.15, -0.1) is 0 Å². The van der Waals surface area contributed by atoms with Crippen LogP contribution in [0, 0.1) is 11.7 Å². The molecule has 0 spiro atoms. The molecule has 1 unspecified atom stereocenters. The largest absolute Gasteiger partial charge is 0.348 e. The van der Waals surface area contributed by atoms with E-state index in [2.05, 4.69) is 10.3 Å². The molecule has 1 atom stereocenters. The van der Waals surface area contributed by atoms with E-state index in [-0.39, 0.29) is 29.1 Å². The second kappa shape index (κ2) is 9.19. The Morgan fingerprint density at radius 3 is 2.45 bits per heavy atom. The molecule has 0 saturated heterocycles. The van der Waals surface area contributed by atoms with Gasteiger partial charge in [-0.3, -0.25) is 14.2 Å². The smallest absolute Gasteiger partial charge is 0.266 e. The van der Waals surface area contributed by atoms with E-state index in [1.54, 1.807) is 18.2 Å². The first-order valence-electron chi connectivity index (χ1n) is 10.8. The maximum atomic E-state index is 13.5. The van der Waals surface area contributed by atoms with Crippen LogP contribution in [-0.4, -0.2) is 21.2 Å². The number of amides is 1. The molecular formula is C26H22FN3O2S.